The van der Waals surface area contributed by atoms with Gasteiger partial charge in [0.2, 0.25) is 0 Å². The smallest absolute Gasteiger partial charge is 0.190 e. The van der Waals surface area contributed by atoms with Crippen LogP contribution in [-0.2, 0) is 4.74 Å². The van der Waals surface area contributed by atoms with Gasteiger partial charge in [-0.3, -0.25) is 4.99 Å². The van der Waals surface area contributed by atoms with Crippen molar-refractivity contribution < 1.29 is 4.74 Å². The van der Waals surface area contributed by atoms with Gasteiger partial charge < -0.3 is 20.3 Å². The van der Waals surface area contributed by atoms with Crippen LogP contribution in [0.15, 0.2) is 4.99 Å². The Morgan fingerprint density at radius 3 is 2.68 bits per heavy atom. The summed E-state index contributed by atoms with van der Waals surface area (Å²) in [6.07, 6.45) is 7.17. The molecule has 2 N–H and O–H groups in total. The predicted molar refractivity (Wildman–Crippen MR) is 98.0 cm³/mol. The Morgan fingerprint density at radius 1 is 1.27 bits per heavy atom. The summed E-state index contributed by atoms with van der Waals surface area (Å²) in [5.41, 5.74) is 0. The van der Waals surface area contributed by atoms with Crippen LogP contribution in [0.2, 0.25) is 0 Å². The lowest BCUT2D eigenvalue weighted by atomic mass is 9.97. The maximum absolute atomic E-state index is 5.15. The Labute approximate surface area is 140 Å². The summed E-state index contributed by atoms with van der Waals surface area (Å²) >= 11 is 1.91. The molecule has 1 rings (SSSR count). The van der Waals surface area contributed by atoms with E-state index in [9.17, 15) is 0 Å². The Morgan fingerprint density at radius 2 is 2.05 bits per heavy atom. The van der Waals surface area contributed by atoms with Gasteiger partial charge in [0.25, 0.3) is 0 Å². The summed E-state index contributed by atoms with van der Waals surface area (Å²) in [7, 11) is 3.63. The Bertz CT molecular complexity index is 294. The van der Waals surface area contributed by atoms with E-state index in [4.69, 9.17) is 4.74 Å². The first-order chi connectivity index (χ1) is 10.8. The van der Waals surface area contributed by atoms with Crippen molar-refractivity contribution in [2.45, 2.75) is 25.7 Å². The lowest BCUT2D eigenvalue weighted by Gasteiger charge is -2.32. The van der Waals surface area contributed by atoms with Crippen molar-refractivity contribution in [3.8, 4) is 0 Å². The van der Waals surface area contributed by atoms with Gasteiger partial charge in [-0.05, 0) is 56.7 Å². The maximum atomic E-state index is 5.15. The molecule has 22 heavy (non-hydrogen) atoms. The highest BCUT2D eigenvalue weighted by molar-refractivity contribution is 7.98. The third-order valence-electron chi connectivity index (χ3n) is 4.17. The average Bonchev–Trinajstić information content (AvgIpc) is 2.56. The first kappa shape index (κ1) is 19.6. The van der Waals surface area contributed by atoms with Crippen molar-refractivity contribution in [3.63, 3.8) is 0 Å². The largest absolute Gasteiger partial charge is 0.383 e. The standard InChI is InChI=1S/C16H34N4OS/c1-17-16(18-8-4-5-13-22-3)19-14-15-6-9-20(10-7-15)11-12-21-2/h15H,4-14H2,1-3H3,(H2,17,18,19). The summed E-state index contributed by atoms with van der Waals surface area (Å²) in [5, 5.41) is 6.89. The molecule has 1 aliphatic rings. The third-order valence-corrected chi connectivity index (χ3v) is 4.87. The highest BCUT2D eigenvalue weighted by atomic mass is 32.2. The molecule has 0 saturated carbocycles. The second kappa shape index (κ2) is 13.0. The Kier molecular flexibility index (Phi) is 11.6. The van der Waals surface area contributed by atoms with E-state index in [2.05, 4.69) is 26.8 Å². The topological polar surface area (TPSA) is 48.9 Å². The molecule has 0 radical (unpaired) electrons. The number of aliphatic imine (C=N–C) groups is 1. The van der Waals surface area contributed by atoms with Crippen LogP contribution in [0.1, 0.15) is 25.7 Å². The number of piperidine rings is 1. The molecule has 0 unspecified atom stereocenters. The van der Waals surface area contributed by atoms with E-state index in [0.717, 1.165) is 38.1 Å². The minimum Gasteiger partial charge on any atom is -0.383 e. The van der Waals surface area contributed by atoms with Gasteiger partial charge in [0, 0.05) is 33.8 Å². The number of unbranched alkanes of at least 4 members (excludes halogenated alkanes) is 1. The van der Waals surface area contributed by atoms with Crippen molar-refractivity contribution in [1.29, 1.82) is 0 Å². The summed E-state index contributed by atoms with van der Waals surface area (Å²) in [5.74, 6) is 2.95. The number of likely N-dealkylation sites (tertiary alicyclic amines) is 1. The number of hydrogen-bond acceptors (Lipinski definition) is 4. The van der Waals surface area contributed by atoms with E-state index in [-0.39, 0.29) is 0 Å². The van der Waals surface area contributed by atoms with Gasteiger partial charge >= 0.3 is 0 Å². The number of methoxy groups -OCH3 is 1. The fourth-order valence-corrected chi connectivity index (χ4v) is 3.17. The number of thioether (sulfide) groups is 1. The van der Waals surface area contributed by atoms with Gasteiger partial charge in [0.05, 0.1) is 6.61 Å². The molecular formula is C16H34N4OS. The fourth-order valence-electron chi connectivity index (χ4n) is 2.67. The van der Waals surface area contributed by atoms with E-state index in [1.807, 2.05) is 18.8 Å². The number of rotatable bonds is 10. The molecule has 1 saturated heterocycles. The first-order valence-electron chi connectivity index (χ1n) is 8.45. The zero-order valence-electron chi connectivity index (χ0n) is 14.6. The molecule has 6 heteroatoms. The van der Waals surface area contributed by atoms with Crippen LogP contribution in [-0.4, -0.2) is 76.4 Å². The number of guanidine groups is 1. The molecule has 0 atom stereocenters. The van der Waals surface area contributed by atoms with Gasteiger partial charge in [0.15, 0.2) is 5.96 Å². The molecule has 0 aromatic rings. The third kappa shape index (κ3) is 8.86. The minimum absolute atomic E-state index is 0.758. The van der Waals surface area contributed by atoms with E-state index >= 15 is 0 Å². The van der Waals surface area contributed by atoms with Crippen LogP contribution < -0.4 is 10.6 Å². The molecule has 5 nitrogen and oxygen atoms in total. The van der Waals surface area contributed by atoms with E-state index in [0.29, 0.717) is 0 Å². The zero-order valence-corrected chi connectivity index (χ0v) is 15.4. The molecule has 0 aromatic heterocycles. The van der Waals surface area contributed by atoms with E-state index < -0.39 is 0 Å². The molecule has 0 aliphatic carbocycles. The number of ether oxygens (including phenoxy) is 1. The van der Waals surface area contributed by atoms with Gasteiger partial charge in [-0.1, -0.05) is 0 Å². The van der Waals surface area contributed by atoms with Gasteiger partial charge in [-0.2, -0.15) is 11.8 Å². The maximum Gasteiger partial charge on any atom is 0.190 e. The lowest BCUT2D eigenvalue weighted by Crippen LogP contribution is -2.43. The molecule has 0 amide bonds. The molecule has 1 fully saturated rings. The van der Waals surface area contributed by atoms with Crippen LogP contribution in [0, 0.1) is 5.92 Å². The predicted octanol–water partition coefficient (Wildman–Crippen LogP) is 1.65. The lowest BCUT2D eigenvalue weighted by molar-refractivity contribution is 0.121. The quantitative estimate of drug-likeness (QED) is 0.362. The fraction of sp³-hybridized carbons (Fsp3) is 0.938. The van der Waals surface area contributed by atoms with Crippen molar-refractivity contribution in [3.05, 3.63) is 0 Å². The van der Waals surface area contributed by atoms with Crippen molar-refractivity contribution >= 4 is 17.7 Å². The Balaban J connectivity index is 2.09. The highest BCUT2D eigenvalue weighted by Crippen LogP contribution is 2.15. The zero-order chi connectivity index (χ0) is 16.0. The number of hydrogen-bond donors (Lipinski definition) is 2. The van der Waals surface area contributed by atoms with Gasteiger partial charge in [0.1, 0.15) is 0 Å². The molecule has 1 aliphatic heterocycles. The molecule has 0 bridgehead atoms. The SMILES string of the molecule is CN=C(NCCCCSC)NCC1CCN(CCOC)CC1. The van der Waals surface area contributed by atoms with Crippen molar-refractivity contribution in [2.75, 3.05) is 65.5 Å². The minimum atomic E-state index is 0.758. The summed E-state index contributed by atoms with van der Waals surface area (Å²) in [6.45, 7) is 6.33. The van der Waals surface area contributed by atoms with Gasteiger partial charge in [-0.25, -0.2) is 0 Å². The van der Waals surface area contributed by atoms with Crippen LogP contribution in [0.3, 0.4) is 0 Å². The van der Waals surface area contributed by atoms with Crippen LogP contribution >= 0.6 is 11.8 Å². The van der Waals surface area contributed by atoms with Crippen LogP contribution in [0.4, 0.5) is 0 Å². The second-order valence-electron chi connectivity index (χ2n) is 5.86. The van der Waals surface area contributed by atoms with Crippen LogP contribution in [0.25, 0.3) is 0 Å². The average molecular weight is 331 g/mol. The monoisotopic (exact) mass is 330 g/mol. The number of nitrogens with one attached hydrogen (secondary N) is 2. The molecular weight excluding hydrogens is 296 g/mol. The Hall–Kier alpha value is -0.460. The molecule has 130 valence electrons. The summed E-state index contributed by atoms with van der Waals surface area (Å²) in [6, 6.07) is 0. The van der Waals surface area contributed by atoms with Crippen LogP contribution in [0.5, 0.6) is 0 Å². The molecule has 0 spiro atoms. The first-order valence-corrected chi connectivity index (χ1v) is 9.84. The normalized spacial score (nSPS) is 17.7. The van der Waals surface area contributed by atoms with Crippen molar-refractivity contribution in [1.82, 2.24) is 15.5 Å². The van der Waals surface area contributed by atoms with E-state index in [1.54, 1.807) is 7.11 Å². The highest BCUT2D eigenvalue weighted by Gasteiger charge is 2.18. The molecule has 0 aromatic carbocycles. The molecule has 1 heterocycles. The van der Waals surface area contributed by atoms with Crippen molar-refractivity contribution in [2.24, 2.45) is 10.9 Å². The number of nitrogens with zero attached hydrogens (tertiary/aromatic N) is 2. The summed E-state index contributed by atoms with van der Waals surface area (Å²) < 4.78 is 5.15. The van der Waals surface area contributed by atoms with Gasteiger partial charge in [-0.15, -0.1) is 0 Å². The summed E-state index contributed by atoms with van der Waals surface area (Å²) in [4.78, 5) is 6.81. The van der Waals surface area contributed by atoms with E-state index in [1.165, 1.54) is 44.5 Å². The second-order valence-corrected chi connectivity index (χ2v) is 6.84.